The van der Waals surface area contributed by atoms with E-state index in [0.29, 0.717) is 23.4 Å². The first-order chi connectivity index (χ1) is 9.13. The topological polar surface area (TPSA) is 69.6 Å². The molecule has 4 rings (SSSR count). The van der Waals surface area contributed by atoms with E-state index in [2.05, 4.69) is 5.32 Å². The van der Waals surface area contributed by atoms with E-state index in [1.54, 1.807) is 0 Å². The summed E-state index contributed by atoms with van der Waals surface area (Å²) in [7, 11) is 0. The molecule has 0 saturated heterocycles. The number of fused-ring (bicyclic) bond motifs is 5. The molecule has 4 heteroatoms. The summed E-state index contributed by atoms with van der Waals surface area (Å²) in [5.74, 6) is 2.66. The summed E-state index contributed by atoms with van der Waals surface area (Å²) >= 11 is 0. The van der Waals surface area contributed by atoms with Crippen molar-refractivity contribution in [1.82, 2.24) is 5.32 Å². The van der Waals surface area contributed by atoms with Crippen LogP contribution in [-0.4, -0.2) is 22.2 Å². The SMILES string of the molecule is O=C(NC1C2C3CCC(C3)C12)c1cc(O)cc(O)c1. The maximum absolute atomic E-state index is 12.1. The van der Waals surface area contributed by atoms with Crippen molar-refractivity contribution >= 4 is 5.91 Å². The Morgan fingerprint density at radius 1 is 1.05 bits per heavy atom. The van der Waals surface area contributed by atoms with E-state index in [1.807, 2.05) is 0 Å². The number of phenols is 2. The second kappa shape index (κ2) is 3.65. The Hall–Kier alpha value is -1.71. The first-order valence-corrected chi connectivity index (χ1v) is 6.97. The van der Waals surface area contributed by atoms with Gasteiger partial charge in [-0.15, -0.1) is 0 Å². The van der Waals surface area contributed by atoms with E-state index in [9.17, 15) is 15.0 Å². The lowest BCUT2D eigenvalue weighted by Gasteiger charge is -2.11. The predicted molar refractivity (Wildman–Crippen MR) is 68.8 cm³/mol. The Labute approximate surface area is 111 Å². The first-order valence-electron chi connectivity index (χ1n) is 6.97. The highest BCUT2D eigenvalue weighted by atomic mass is 16.3. The third kappa shape index (κ3) is 1.62. The number of phenolic OH excluding ortho intramolecular Hbond substituents is 2. The Bertz CT molecular complexity index is 520. The predicted octanol–water partition coefficient (Wildman–Crippen LogP) is 1.87. The average Bonchev–Trinajstić information content (AvgIpc) is 2.76. The molecule has 1 aromatic rings. The molecular formula is C15H17NO3. The van der Waals surface area contributed by atoms with E-state index in [0.717, 1.165) is 11.8 Å². The fourth-order valence-electron chi connectivity index (χ4n) is 4.48. The molecule has 4 unspecified atom stereocenters. The second-order valence-corrected chi connectivity index (χ2v) is 6.23. The van der Waals surface area contributed by atoms with Crippen LogP contribution in [0.4, 0.5) is 0 Å². The molecule has 2 bridgehead atoms. The summed E-state index contributed by atoms with van der Waals surface area (Å²) in [5, 5.41) is 21.9. The molecule has 0 heterocycles. The van der Waals surface area contributed by atoms with Crippen LogP contribution in [0.2, 0.25) is 0 Å². The maximum Gasteiger partial charge on any atom is 0.251 e. The lowest BCUT2D eigenvalue weighted by atomic mass is 10.0. The van der Waals surface area contributed by atoms with Gasteiger partial charge >= 0.3 is 0 Å². The van der Waals surface area contributed by atoms with Gasteiger partial charge in [0.05, 0.1) is 0 Å². The summed E-state index contributed by atoms with van der Waals surface area (Å²) in [6.07, 6.45) is 4.00. The number of nitrogens with one attached hydrogen (secondary N) is 1. The lowest BCUT2D eigenvalue weighted by molar-refractivity contribution is 0.0943. The molecule has 1 aromatic carbocycles. The number of rotatable bonds is 2. The van der Waals surface area contributed by atoms with Gasteiger partial charge < -0.3 is 15.5 Å². The van der Waals surface area contributed by atoms with Crippen LogP contribution in [0.15, 0.2) is 18.2 Å². The molecule has 3 aliphatic carbocycles. The minimum Gasteiger partial charge on any atom is -0.508 e. The van der Waals surface area contributed by atoms with Gasteiger partial charge in [0.1, 0.15) is 11.5 Å². The molecule has 0 spiro atoms. The highest BCUT2D eigenvalue weighted by Gasteiger charge is 2.65. The van der Waals surface area contributed by atoms with E-state index in [1.165, 1.54) is 37.5 Å². The van der Waals surface area contributed by atoms with Crippen molar-refractivity contribution in [2.75, 3.05) is 0 Å². The minimum atomic E-state index is -0.190. The molecule has 0 aliphatic heterocycles. The summed E-state index contributed by atoms with van der Waals surface area (Å²) in [4.78, 5) is 12.1. The van der Waals surface area contributed by atoms with Crippen LogP contribution in [0.5, 0.6) is 11.5 Å². The monoisotopic (exact) mass is 259 g/mol. The van der Waals surface area contributed by atoms with Crippen LogP contribution in [0.1, 0.15) is 29.6 Å². The van der Waals surface area contributed by atoms with Gasteiger partial charge in [-0.2, -0.15) is 0 Å². The normalized spacial score (nSPS) is 38.0. The molecule has 100 valence electrons. The minimum absolute atomic E-state index is 0.0822. The summed E-state index contributed by atoms with van der Waals surface area (Å²) in [6.45, 7) is 0. The zero-order valence-corrected chi connectivity index (χ0v) is 10.5. The van der Waals surface area contributed by atoms with Gasteiger partial charge in [0.2, 0.25) is 0 Å². The molecule has 1 amide bonds. The summed E-state index contributed by atoms with van der Waals surface area (Å²) < 4.78 is 0. The zero-order chi connectivity index (χ0) is 13.1. The van der Waals surface area contributed by atoms with Gasteiger partial charge in [-0.25, -0.2) is 0 Å². The van der Waals surface area contributed by atoms with E-state index >= 15 is 0 Å². The molecule has 3 aliphatic rings. The zero-order valence-electron chi connectivity index (χ0n) is 10.5. The van der Waals surface area contributed by atoms with E-state index in [-0.39, 0.29) is 17.4 Å². The standard InChI is InChI=1S/C15H17NO3/c17-10-4-9(5-11(18)6-10)15(19)16-14-12-7-1-2-8(3-7)13(12)14/h4-8,12-14,17-18H,1-3H2,(H,16,19). The van der Waals surface area contributed by atoms with Crippen molar-refractivity contribution in [3.8, 4) is 11.5 Å². The lowest BCUT2D eigenvalue weighted by Crippen LogP contribution is -2.29. The molecule has 4 nitrogen and oxygen atoms in total. The first kappa shape index (κ1) is 11.1. The fourth-order valence-corrected chi connectivity index (χ4v) is 4.48. The van der Waals surface area contributed by atoms with Crippen LogP contribution in [0.25, 0.3) is 0 Å². The van der Waals surface area contributed by atoms with Crippen LogP contribution in [0.3, 0.4) is 0 Å². The number of hydrogen-bond donors (Lipinski definition) is 3. The van der Waals surface area contributed by atoms with Crippen molar-refractivity contribution in [2.45, 2.75) is 25.3 Å². The van der Waals surface area contributed by atoms with Crippen LogP contribution >= 0.6 is 0 Å². The van der Waals surface area contributed by atoms with Crippen molar-refractivity contribution in [3.63, 3.8) is 0 Å². The number of carbonyl (C=O) groups excluding carboxylic acids is 1. The van der Waals surface area contributed by atoms with E-state index < -0.39 is 0 Å². The molecule has 4 atom stereocenters. The maximum atomic E-state index is 12.1. The summed E-state index contributed by atoms with van der Waals surface area (Å²) in [6, 6.07) is 4.33. The molecule has 3 fully saturated rings. The van der Waals surface area contributed by atoms with Gasteiger partial charge in [0.25, 0.3) is 5.91 Å². The van der Waals surface area contributed by atoms with Crippen molar-refractivity contribution in [2.24, 2.45) is 23.7 Å². The average molecular weight is 259 g/mol. The largest absolute Gasteiger partial charge is 0.508 e. The number of aromatic hydroxyl groups is 2. The van der Waals surface area contributed by atoms with Gasteiger partial charge in [0.15, 0.2) is 0 Å². The summed E-state index contributed by atoms with van der Waals surface area (Å²) in [5.41, 5.74) is 0.329. The molecule has 0 radical (unpaired) electrons. The molecular weight excluding hydrogens is 242 g/mol. The Morgan fingerprint density at radius 3 is 2.21 bits per heavy atom. The third-order valence-electron chi connectivity index (χ3n) is 5.20. The number of benzene rings is 1. The van der Waals surface area contributed by atoms with Crippen molar-refractivity contribution < 1.29 is 15.0 Å². The van der Waals surface area contributed by atoms with Gasteiger partial charge in [-0.05, 0) is 55.1 Å². The second-order valence-electron chi connectivity index (χ2n) is 6.23. The highest BCUT2D eigenvalue weighted by molar-refractivity contribution is 5.95. The van der Waals surface area contributed by atoms with Gasteiger partial charge in [-0.1, -0.05) is 0 Å². The third-order valence-corrected chi connectivity index (χ3v) is 5.20. The Balaban J connectivity index is 1.48. The van der Waals surface area contributed by atoms with Crippen LogP contribution in [-0.2, 0) is 0 Å². The fraction of sp³-hybridized carbons (Fsp3) is 0.533. The molecule has 0 aromatic heterocycles. The van der Waals surface area contributed by atoms with Gasteiger partial charge in [-0.3, -0.25) is 4.79 Å². The molecule has 3 saturated carbocycles. The van der Waals surface area contributed by atoms with Crippen molar-refractivity contribution in [3.05, 3.63) is 23.8 Å². The number of carbonyl (C=O) groups is 1. The number of amides is 1. The van der Waals surface area contributed by atoms with E-state index in [4.69, 9.17) is 0 Å². The van der Waals surface area contributed by atoms with Crippen LogP contribution < -0.4 is 5.32 Å². The smallest absolute Gasteiger partial charge is 0.251 e. The highest BCUT2D eigenvalue weighted by Crippen LogP contribution is 2.65. The molecule has 3 N–H and O–H groups in total. The molecule has 19 heavy (non-hydrogen) atoms. The van der Waals surface area contributed by atoms with Gasteiger partial charge in [0, 0.05) is 17.7 Å². The Kier molecular flexibility index (Phi) is 2.14. The Morgan fingerprint density at radius 2 is 1.63 bits per heavy atom. The van der Waals surface area contributed by atoms with Crippen molar-refractivity contribution in [1.29, 1.82) is 0 Å². The van der Waals surface area contributed by atoms with Crippen LogP contribution in [0, 0.1) is 23.7 Å². The quantitative estimate of drug-likeness (QED) is 0.759. The number of hydrogen-bond acceptors (Lipinski definition) is 3.